The largest absolute Gasteiger partial charge is 0.478 e. The van der Waals surface area contributed by atoms with Crippen molar-refractivity contribution in [2.75, 3.05) is 17.4 Å². The van der Waals surface area contributed by atoms with Crippen molar-refractivity contribution < 1.29 is 14.7 Å². The van der Waals surface area contributed by atoms with Gasteiger partial charge in [0, 0.05) is 12.7 Å². The molecule has 1 aliphatic rings. The number of carboxylic acid groups (broad SMARTS) is 1. The van der Waals surface area contributed by atoms with Crippen molar-refractivity contribution in [1.82, 2.24) is 0 Å². The van der Waals surface area contributed by atoms with E-state index < -0.39 is 5.97 Å². The van der Waals surface area contributed by atoms with Crippen LogP contribution < -0.4 is 10.3 Å². The molecule has 1 aliphatic heterocycles. The normalized spacial score (nSPS) is 13.8. The standard InChI is InChI=1S/C19H19N3O3/c1-3-16(21-20-15-7-4-12(5-8-15)19(24)25)13-6-9-17-14(10-13)11-18(23)22(17)2/h4-10,20H,3,11H2,1-2H3,(H,24,25)/b21-16+. The fraction of sp³-hybridized carbons (Fsp3) is 0.211. The SMILES string of the molecule is CC/C(=N\Nc1ccc(C(=O)O)cc1)c1ccc2c(c1)CC(=O)N2C. The van der Waals surface area contributed by atoms with Crippen molar-refractivity contribution in [3.8, 4) is 0 Å². The molecule has 128 valence electrons. The van der Waals surface area contributed by atoms with Gasteiger partial charge in [0.05, 0.1) is 23.4 Å². The number of carbonyl (C=O) groups excluding carboxylic acids is 1. The van der Waals surface area contributed by atoms with Crippen molar-refractivity contribution in [3.63, 3.8) is 0 Å². The topological polar surface area (TPSA) is 82.0 Å². The highest BCUT2D eigenvalue weighted by Crippen LogP contribution is 2.28. The van der Waals surface area contributed by atoms with E-state index in [1.54, 1.807) is 24.1 Å². The molecule has 0 fully saturated rings. The Balaban J connectivity index is 1.80. The van der Waals surface area contributed by atoms with Crippen molar-refractivity contribution in [3.05, 3.63) is 59.2 Å². The Morgan fingerprint density at radius 1 is 1.20 bits per heavy atom. The van der Waals surface area contributed by atoms with E-state index in [2.05, 4.69) is 10.5 Å². The smallest absolute Gasteiger partial charge is 0.335 e. The van der Waals surface area contributed by atoms with E-state index in [1.165, 1.54) is 12.1 Å². The second kappa shape index (κ2) is 6.76. The Kier molecular flexibility index (Phi) is 4.52. The van der Waals surface area contributed by atoms with Gasteiger partial charge in [-0.15, -0.1) is 0 Å². The first-order valence-electron chi connectivity index (χ1n) is 8.05. The van der Waals surface area contributed by atoms with Crippen LogP contribution in [0.2, 0.25) is 0 Å². The van der Waals surface area contributed by atoms with Crippen LogP contribution in [0.3, 0.4) is 0 Å². The molecule has 0 saturated carbocycles. The Hall–Kier alpha value is -3.15. The summed E-state index contributed by atoms with van der Waals surface area (Å²) in [5.74, 6) is -0.860. The van der Waals surface area contributed by atoms with Gasteiger partial charge in [0.2, 0.25) is 5.91 Å². The van der Waals surface area contributed by atoms with Crippen LogP contribution in [0.25, 0.3) is 0 Å². The van der Waals surface area contributed by atoms with Gasteiger partial charge in [0.1, 0.15) is 0 Å². The number of amides is 1. The summed E-state index contributed by atoms with van der Waals surface area (Å²) < 4.78 is 0. The predicted molar refractivity (Wildman–Crippen MR) is 97.4 cm³/mol. The number of hydrogen-bond donors (Lipinski definition) is 2. The lowest BCUT2D eigenvalue weighted by Crippen LogP contribution is -2.20. The molecule has 0 aromatic heterocycles. The molecule has 0 radical (unpaired) electrons. The van der Waals surface area contributed by atoms with Gasteiger partial charge in [-0.3, -0.25) is 10.2 Å². The maximum Gasteiger partial charge on any atom is 0.335 e. The molecule has 0 saturated heterocycles. The second-order valence-electron chi connectivity index (χ2n) is 5.88. The molecule has 2 aromatic rings. The number of fused-ring (bicyclic) bond motifs is 1. The Morgan fingerprint density at radius 3 is 2.52 bits per heavy atom. The number of anilines is 2. The molecule has 6 heteroatoms. The number of nitrogens with one attached hydrogen (secondary N) is 1. The van der Waals surface area contributed by atoms with E-state index in [0.29, 0.717) is 12.1 Å². The third-order valence-corrected chi connectivity index (χ3v) is 4.28. The fourth-order valence-electron chi connectivity index (χ4n) is 2.82. The zero-order valence-electron chi connectivity index (χ0n) is 14.1. The molecule has 0 spiro atoms. The molecule has 3 rings (SSSR count). The Morgan fingerprint density at radius 2 is 1.88 bits per heavy atom. The van der Waals surface area contributed by atoms with Crippen molar-refractivity contribution in [2.45, 2.75) is 19.8 Å². The molecule has 25 heavy (non-hydrogen) atoms. The van der Waals surface area contributed by atoms with Crippen LogP contribution in [0.1, 0.15) is 34.8 Å². The number of hydrogen-bond acceptors (Lipinski definition) is 4. The summed E-state index contributed by atoms with van der Waals surface area (Å²) in [6, 6.07) is 12.3. The summed E-state index contributed by atoms with van der Waals surface area (Å²) in [6.07, 6.45) is 1.14. The molecule has 2 aromatic carbocycles. The number of nitrogens with zero attached hydrogens (tertiary/aromatic N) is 2. The number of hydrazone groups is 1. The Bertz CT molecular complexity index is 857. The second-order valence-corrected chi connectivity index (χ2v) is 5.88. The number of carbonyl (C=O) groups is 2. The third-order valence-electron chi connectivity index (χ3n) is 4.28. The molecule has 0 unspecified atom stereocenters. The summed E-state index contributed by atoms with van der Waals surface area (Å²) in [4.78, 5) is 24.4. The maximum atomic E-state index is 11.8. The van der Waals surface area contributed by atoms with Crippen LogP contribution in [0.4, 0.5) is 11.4 Å². The first-order chi connectivity index (χ1) is 12.0. The first kappa shape index (κ1) is 16.7. The number of carboxylic acids is 1. The number of aromatic carboxylic acids is 1. The lowest BCUT2D eigenvalue weighted by Gasteiger charge is -2.11. The van der Waals surface area contributed by atoms with Gasteiger partial charge in [-0.1, -0.05) is 13.0 Å². The summed E-state index contributed by atoms with van der Waals surface area (Å²) in [7, 11) is 1.78. The van der Waals surface area contributed by atoms with E-state index in [1.807, 2.05) is 25.1 Å². The van der Waals surface area contributed by atoms with Crippen LogP contribution in [0.5, 0.6) is 0 Å². The van der Waals surface area contributed by atoms with Crippen molar-refractivity contribution >= 4 is 29.0 Å². The Labute approximate surface area is 145 Å². The zero-order valence-corrected chi connectivity index (χ0v) is 14.1. The van der Waals surface area contributed by atoms with Gasteiger partial charge >= 0.3 is 5.97 Å². The zero-order chi connectivity index (χ0) is 18.0. The summed E-state index contributed by atoms with van der Waals surface area (Å²) in [5.41, 5.74) is 7.71. The quantitative estimate of drug-likeness (QED) is 0.649. The number of benzene rings is 2. The molecular formula is C19H19N3O3. The van der Waals surface area contributed by atoms with Gasteiger partial charge < -0.3 is 10.0 Å². The monoisotopic (exact) mass is 337 g/mol. The number of likely N-dealkylation sites (N-methyl/N-ethyl adjacent to an activating group) is 1. The van der Waals surface area contributed by atoms with E-state index in [0.717, 1.165) is 28.9 Å². The van der Waals surface area contributed by atoms with Gasteiger partial charge in [0.15, 0.2) is 0 Å². The van der Waals surface area contributed by atoms with Gasteiger partial charge in [-0.2, -0.15) is 5.10 Å². The van der Waals surface area contributed by atoms with E-state index in [9.17, 15) is 9.59 Å². The molecule has 6 nitrogen and oxygen atoms in total. The van der Waals surface area contributed by atoms with E-state index >= 15 is 0 Å². The minimum Gasteiger partial charge on any atom is -0.478 e. The van der Waals surface area contributed by atoms with Crippen molar-refractivity contribution in [1.29, 1.82) is 0 Å². The van der Waals surface area contributed by atoms with Crippen LogP contribution in [0.15, 0.2) is 47.6 Å². The fourth-order valence-corrected chi connectivity index (χ4v) is 2.82. The minimum atomic E-state index is -0.957. The highest BCUT2D eigenvalue weighted by Gasteiger charge is 2.24. The van der Waals surface area contributed by atoms with Crippen LogP contribution in [0, 0.1) is 0 Å². The van der Waals surface area contributed by atoms with Gasteiger partial charge in [-0.25, -0.2) is 4.79 Å². The van der Waals surface area contributed by atoms with E-state index in [4.69, 9.17) is 5.11 Å². The van der Waals surface area contributed by atoms with Crippen molar-refractivity contribution in [2.24, 2.45) is 5.10 Å². The lowest BCUT2D eigenvalue weighted by molar-refractivity contribution is -0.117. The molecule has 0 atom stereocenters. The molecule has 0 aliphatic carbocycles. The summed E-state index contributed by atoms with van der Waals surface area (Å²) in [5, 5.41) is 13.4. The third kappa shape index (κ3) is 3.38. The molecule has 2 N–H and O–H groups in total. The van der Waals surface area contributed by atoms with Gasteiger partial charge in [-0.05, 0) is 53.9 Å². The van der Waals surface area contributed by atoms with E-state index in [-0.39, 0.29) is 11.5 Å². The highest BCUT2D eigenvalue weighted by molar-refractivity contribution is 6.05. The average molecular weight is 337 g/mol. The summed E-state index contributed by atoms with van der Waals surface area (Å²) >= 11 is 0. The molecule has 1 amide bonds. The minimum absolute atomic E-state index is 0.0961. The predicted octanol–water partition coefficient (Wildman–Crippen LogP) is 3.13. The molecule has 1 heterocycles. The molecular weight excluding hydrogens is 318 g/mol. The van der Waals surface area contributed by atoms with Crippen LogP contribution in [-0.4, -0.2) is 29.7 Å². The van der Waals surface area contributed by atoms with Crippen LogP contribution >= 0.6 is 0 Å². The highest BCUT2D eigenvalue weighted by atomic mass is 16.4. The first-order valence-corrected chi connectivity index (χ1v) is 8.05. The molecule has 0 bridgehead atoms. The van der Waals surface area contributed by atoms with Crippen LogP contribution in [-0.2, 0) is 11.2 Å². The average Bonchev–Trinajstić information content (AvgIpc) is 2.90. The maximum absolute atomic E-state index is 11.8. The number of rotatable bonds is 5. The van der Waals surface area contributed by atoms with Gasteiger partial charge in [0.25, 0.3) is 0 Å². The lowest BCUT2D eigenvalue weighted by atomic mass is 10.0. The summed E-state index contributed by atoms with van der Waals surface area (Å²) in [6.45, 7) is 2.01.